The molecule has 5 heteroatoms. The van der Waals surface area contributed by atoms with Crippen molar-refractivity contribution in [1.82, 2.24) is 0 Å². The van der Waals surface area contributed by atoms with Gasteiger partial charge in [-0.1, -0.05) is 15.9 Å². The molecule has 1 fully saturated rings. The molecule has 0 spiro atoms. The molecular formula is C14H17Br3O2. The second kappa shape index (κ2) is 8.01. The Labute approximate surface area is 139 Å². The summed E-state index contributed by atoms with van der Waals surface area (Å²) in [5.41, 5.74) is 1.21. The maximum absolute atomic E-state index is 5.86. The average molecular weight is 457 g/mol. The van der Waals surface area contributed by atoms with Crippen LogP contribution < -0.4 is 4.74 Å². The normalized spacial score (nSPS) is 18.8. The first-order valence-corrected chi connectivity index (χ1v) is 9.19. The van der Waals surface area contributed by atoms with Crippen LogP contribution in [0.4, 0.5) is 0 Å². The van der Waals surface area contributed by atoms with E-state index in [9.17, 15) is 0 Å². The van der Waals surface area contributed by atoms with Crippen molar-refractivity contribution in [3.05, 3.63) is 26.6 Å². The summed E-state index contributed by atoms with van der Waals surface area (Å²) in [4.78, 5) is 0. The van der Waals surface area contributed by atoms with Crippen LogP contribution in [0, 0.1) is 0 Å². The lowest BCUT2D eigenvalue weighted by Gasteiger charge is -2.13. The Bertz CT molecular complexity index is 394. The Morgan fingerprint density at radius 1 is 1.26 bits per heavy atom. The first-order valence-electron chi connectivity index (χ1n) is 6.49. The summed E-state index contributed by atoms with van der Waals surface area (Å²) in [7, 11) is 0. The molecule has 0 radical (unpaired) electrons. The van der Waals surface area contributed by atoms with Crippen molar-refractivity contribution >= 4 is 47.8 Å². The highest BCUT2D eigenvalue weighted by atomic mass is 79.9. The number of hydrogen-bond donors (Lipinski definition) is 0. The molecule has 0 saturated carbocycles. The quantitative estimate of drug-likeness (QED) is 0.419. The molecular weight excluding hydrogens is 440 g/mol. The van der Waals surface area contributed by atoms with Crippen molar-refractivity contribution in [2.24, 2.45) is 0 Å². The first kappa shape index (κ1) is 15.8. The van der Waals surface area contributed by atoms with E-state index in [4.69, 9.17) is 9.47 Å². The molecule has 0 N–H and O–H groups in total. The zero-order valence-corrected chi connectivity index (χ0v) is 15.4. The summed E-state index contributed by atoms with van der Waals surface area (Å²) in [6.07, 6.45) is 4.98. The molecule has 1 atom stereocenters. The lowest BCUT2D eigenvalue weighted by molar-refractivity contribution is 0.0980. The lowest BCUT2D eigenvalue weighted by atomic mass is 10.1. The van der Waals surface area contributed by atoms with Crippen molar-refractivity contribution in [2.75, 3.05) is 13.2 Å². The van der Waals surface area contributed by atoms with Gasteiger partial charge in [0.1, 0.15) is 5.75 Å². The van der Waals surface area contributed by atoms with Crippen LogP contribution in [0.15, 0.2) is 21.1 Å². The minimum Gasteiger partial charge on any atom is -0.491 e. The Morgan fingerprint density at radius 3 is 2.58 bits per heavy atom. The van der Waals surface area contributed by atoms with E-state index in [1.54, 1.807) is 0 Å². The molecule has 0 amide bonds. The van der Waals surface area contributed by atoms with E-state index < -0.39 is 0 Å². The fraction of sp³-hybridized carbons (Fsp3) is 0.571. The Hall–Kier alpha value is 0.420. The van der Waals surface area contributed by atoms with Crippen LogP contribution >= 0.6 is 47.8 Å². The van der Waals surface area contributed by atoms with Crippen molar-refractivity contribution in [2.45, 2.75) is 37.1 Å². The van der Waals surface area contributed by atoms with E-state index in [1.165, 1.54) is 18.4 Å². The maximum Gasteiger partial charge on any atom is 0.147 e. The van der Waals surface area contributed by atoms with Gasteiger partial charge in [0.25, 0.3) is 0 Å². The van der Waals surface area contributed by atoms with Gasteiger partial charge in [0.2, 0.25) is 0 Å². The van der Waals surface area contributed by atoms with E-state index >= 15 is 0 Å². The van der Waals surface area contributed by atoms with Gasteiger partial charge in [0, 0.05) is 11.9 Å². The van der Waals surface area contributed by atoms with Gasteiger partial charge in [-0.15, -0.1) is 0 Å². The molecule has 1 heterocycles. The maximum atomic E-state index is 5.86. The van der Waals surface area contributed by atoms with Gasteiger partial charge in [-0.2, -0.15) is 0 Å². The summed E-state index contributed by atoms with van der Waals surface area (Å²) in [5, 5.41) is 0.837. The minimum absolute atomic E-state index is 0.450. The van der Waals surface area contributed by atoms with Crippen LogP contribution in [-0.2, 0) is 10.1 Å². The van der Waals surface area contributed by atoms with Crippen molar-refractivity contribution in [3.63, 3.8) is 0 Å². The molecule has 1 aromatic carbocycles. The molecule has 0 aliphatic carbocycles. The summed E-state index contributed by atoms with van der Waals surface area (Å²) in [6.45, 7) is 1.65. The number of rotatable bonds is 6. The SMILES string of the molecule is BrCc1cc(Br)c(OCCCC2CCCO2)c(Br)c1. The predicted molar refractivity (Wildman–Crippen MR) is 88.2 cm³/mol. The fourth-order valence-electron chi connectivity index (χ4n) is 2.18. The highest BCUT2D eigenvalue weighted by Crippen LogP contribution is 2.35. The van der Waals surface area contributed by atoms with E-state index in [-0.39, 0.29) is 0 Å². The molecule has 1 saturated heterocycles. The summed E-state index contributed by atoms with van der Waals surface area (Å²) >= 11 is 10.6. The third-order valence-electron chi connectivity index (χ3n) is 3.15. The van der Waals surface area contributed by atoms with Crippen LogP contribution in [0.5, 0.6) is 5.75 Å². The highest BCUT2D eigenvalue weighted by Gasteiger charge is 2.15. The summed E-state index contributed by atoms with van der Waals surface area (Å²) in [6, 6.07) is 4.16. The van der Waals surface area contributed by atoms with Crippen LogP contribution in [0.3, 0.4) is 0 Å². The monoisotopic (exact) mass is 454 g/mol. The summed E-state index contributed by atoms with van der Waals surface area (Å²) < 4.78 is 13.5. The number of alkyl halides is 1. The number of benzene rings is 1. The molecule has 106 valence electrons. The van der Waals surface area contributed by atoms with E-state index in [0.29, 0.717) is 6.10 Å². The van der Waals surface area contributed by atoms with Gasteiger partial charge in [0.15, 0.2) is 0 Å². The van der Waals surface area contributed by atoms with Gasteiger partial charge in [-0.05, 0) is 75.2 Å². The second-order valence-corrected chi connectivity index (χ2v) is 6.92. The van der Waals surface area contributed by atoms with E-state index in [2.05, 4.69) is 59.9 Å². The number of halogens is 3. The Morgan fingerprint density at radius 2 is 2.00 bits per heavy atom. The highest BCUT2D eigenvalue weighted by molar-refractivity contribution is 9.11. The van der Waals surface area contributed by atoms with Crippen molar-refractivity contribution < 1.29 is 9.47 Å². The molecule has 1 aliphatic heterocycles. The molecule has 1 unspecified atom stereocenters. The molecule has 0 bridgehead atoms. The molecule has 0 aromatic heterocycles. The minimum atomic E-state index is 0.450. The third-order valence-corrected chi connectivity index (χ3v) is 4.98. The van der Waals surface area contributed by atoms with Crippen molar-refractivity contribution in [1.29, 1.82) is 0 Å². The summed E-state index contributed by atoms with van der Waals surface area (Å²) in [5.74, 6) is 0.886. The van der Waals surface area contributed by atoms with Gasteiger partial charge < -0.3 is 9.47 Å². The van der Waals surface area contributed by atoms with Crippen LogP contribution in [-0.4, -0.2) is 19.3 Å². The van der Waals surface area contributed by atoms with E-state index in [0.717, 1.165) is 46.1 Å². The first-order chi connectivity index (χ1) is 9.20. The molecule has 2 rings (SSSR count). The average Bonchev–Trinajstić information content (AvgIpc) is 2.89. The molecule has 1 aliphatic rings. The second-order valence-electron chi connectivity index (χ2n) is 4.65. The standard InChI is InChI=1S/C14H17Br3O2/c15-9-10-7-12(16)14(13(17)8-10)19-6-2-4-11-3-1-5-18-11/h7-8,11H,1-6,9H2. The van der Waals surface area contributed by atoms with E-state index in [1.807, 2.05) is 0 Å². The number of ether oxygens (including phenoxy) is 2. The molecule has 2 nitrogen and oxygen atoms in total. The van der Waals surface area contributed by atoms with Gasteiger partial charge in [0.05, 0.1) is 21.7 Å². The van der Waals surface area contributed by atoms with Crippen LogP contribution in [0.1, 0.15) is 31.2 Å². The zero-order chi connectivity index (χ0) is 13.7. The molecule has 1 aromatic rings. The Balaban J connectivity index is 1.81. The van der Waals surface area contributed by atoms with Crippen molar-refractivity contribution in [3.8, 4) is 5.75 Å². The fourth-order valence-corrected chi connectivity index (χ4v) is 4.02. The van der Waals surface area contributed by atoms with Gasteiger partial charge in [-0.25, -0.2) is 0 Å². The van der Waals surface area contributed by atoms with Gasteiger partial charge in [-0.3, -0.25) is 0 Å². The van der Waals surface area contributed by atoms with Crippen LogP contribution in [0.25, 0.3) is 0 Å². The Kier molecular flexibility index (Phi) is 6.66. The number of hydrogen-bond acceptors (Lipinski definition) is 2. The smallest absolute Gasteiger partial charge is 0.147 e. The van der Waals surface area contributed by atoms with Gasteiger partial charge >= 0.3 is 0 Å². The topological polar surface area (TPSA) is 18.5 Å². The largest absolute Gasteiger partial charge is 0.491 e. The predicted octanol–water partition coefficient (Wildman–Crippen LogP) is 5.44. The van der Waals surface area contributed by atoms with Crippen LogP contribution in [0.2, 0.25) is 0 Å². The zero-order valence-electron chi connectivity index (χ0n) is 10.6. The third kappa shape index (κ3) is 4.73. The lowest BCUT2D eigenvalue weighted by Crippen LogP contribution is -2.08. The molecule has 19 heavy (non-hydrogen) atoms.